The van der Waals surface area contributed by atoms with Crippen LogP contribution >= 0.6 is 15.9 Å². The summed E-state index contributed by atoms with van der Waals surface area (Å²) in [4.78, 5) is 19.2. The number of nitrogens with one attached hydrogen (secondary N) is 1. The molecule has 0 bridgehead atoms. The van der Waals surface area contributed by atoms with E-state index < -0.39 is 17.8 Å². The Labute approximate surface area is 126 Å². The maximum absolute atomic E-state index is 12.4. The first-order valence-corrected chi connectivity index (χ1v) is 6.53. The summed E-state index contributed by atoms with van der Waals surface area (Å²) in [6.45, 7) is 1.75. The van der Waals surface area contributed by atoms with Crippen LogP contribution in [0.2, 0.25) is 0 Å². The lowest BCUT2D eigenvalue weighted by Crippen LogP contribution is -2.15. The molecule has 4 nitrogen and oxygen atoms in total. The van der Waals surface area contributed by atoms with Crippen LogP contribution in [0, 0.1) is 6.92 Å². The highest BCUT2D eigenvalue weighted by molar-refractivity contribution is 9.10. The molecule has 8 heteroatoms. The highest BCUT2D eigenvalue weighted by Gasteiger charge is 2.32. The summed E-state index contributed by atoms with van der Waals surface area (Å²) in [5.41, 5.74) is -0.304. The van der Waals surface area contributed by atoms with E-state index in [2.05, 4.69) is 31.2 Å². The van der Waals surface area contributed by atoms with Crippen molar-refractivity contribution in [1.82, 2.24) is 9.97 Å². The zero-order valence-electron chi connectivity index (χ0n) is 10.7. The highest BCUT2D eigenvalue weighted by atomic mass is 79.9. The van der Waals surface area contributed by atoms with E-state index >= 15 is 0 Å². The number of aromatic nitrogens is 2. The van der Waals surface area contributed by atoms with Gasteiger partial charge in [-0.1, -0.05) is 0 Å². The molecule has 1 N–H and O–H groups in total. The molecule has 0 fully saturated rings. The number of carbonyl (C=O) groups is 1. The van der Waals surface area contributed by atoms with Gasteiger partial charge < -0.3 is 5.32 Å². The first-order valence-electron chi connectivity index (χ1n) is 5.74. The summed E-state index contributed by atoms with van der Waals surface area (Å²) in [5, 5.41) is 2.52. The van der Waals surface area contributed by atoms with Crippen molar-refractivity contribution in [2.75, 3.05) is 5.32 Å². The van der Waals surface area contributed by atoms with Crippen molar-refractivity contribution in [3.63, 3.8) is 0 Å². The Morgan fingerprint density at radius 1 is 1.24 bits per heavy atom. The van der Waals surface area contributed by atoms with Crippen LogP contribution in [0.25, 0.3) is 0 Å². The molecule has 0 aliphatic rings. The molecule has 1 amide bonds. The fraction of sp³-hybridized carbons (Fsp3) is 0.154. The van der Waals surface area contributed by atoms with E-state index in [1.54, 1.807) is 13.0 Å². The number of hydrogen-bond donors (Lipinski definition) is 1. The van der Waals surface area contributed by atoms with Gasteiger partial charge in [0.05, 0.1) is 5.56 Å². The lowest BCUT2D eigenvalue weighted by molar-refractivity contribution is -0.141. The zero-order chi connectivity index (χ0) is 15.6. The van der Waals surface area contributed by atoms with Crippen molar-refractivity contribution >= 4 is 27.7 Å². The third kappa shape index (κ3) is 3.78. The van der Waals surface area contributed by atoms with Crippen molar-refractivity contribution in [2.45, 2.75) is 13.1 Å². The molecule has 0 aromatic carbocycles. The molecule has 21 heavy (non-hydrogen) atoms. The molecule has 0 unspecified atom stereocenters. The number of amides is 1. The first kappa shape index (κ1) is 15.4. The fourth-order valence-electron chi connectivity index (χ4n) is 1.55. The van der Waals surface area contributed by atoms with Gasteiger partial charge in [-0.2, -0.15) is 13.2 Å². The predicted octanol–water partition coefficient (Wildman–Crippen LogP) is 3.82. The van der Waals surface area contributed by atoms with Crippen LogP contribution in [0.1, 0.15) is 21.6 Å². The summed E-state index contributed by atoms with van der Waals surface area (Å²) in [7, 11) is 0. The van der Waals surface area contributed by atoms with E-state index in [0.717, 1.165) is 28.4 Å². The van der Waals surface area contributed by atoms with Crippen LogP contribution in [0.4, 0.5) is 19.0 Å². The minimum absolute atomic E-state index is 0.0205. The molecule has 0 saturated heterocycles. The van der Waals surface area contributed by atoms with Gasteiger partial charge >= 0.3 is 6.18 Å². The molecule has 2 aromatic rings. The van der Waals surface area contributed by atoms with Crippen LogP contribution < -0.4 is 5.32 Å². The average molecular weight is 360 g/mol. The molecule has 0 spiro atoms. The molecule has 2 rings (SSSR count). The summed E-state index contributed by atoms with van der Waals surface area (Å²) >= 11 is 3.24. The molecule has 0 saturated carbocycles. The number of nitrogens with zero attached hydrogens (tertiary/aromatic N) is 2. The van der Waals surface area contributed by atoms with Crippen LogP contribution in [-0.4, -0.2) is 15.9 Å². The van der Waals surface area contributed by atoms with E-state index in [-0.39, 0.29) is 5.56 Å². The Bertz CT molecular complexity index is 671. The van der Waals surface area contributed by atoms with E-state index in [1.807, 2.05) is 0 Å². The second kappa shape index (κ2) is 5.80. The number of alkyl halides is 3. The monoisotopic (exact) mass is 359 g/mol. The zero-order valence-corrected chi connectivity index (χ0v) is 12.3. The third-order valence-corrected chi connectivity index (χ3v) is 3.03. The van der Waals surface area contributed by atoms with Crippen molar-refractivity contribution < 1.29 is 18.0 Å². The van der Waals surface area contributed by atoms with E-state index in [0.29, 0.717) is 5.82 Å². The van der Waals surface area contributed by atoms with Gasteiger partial charge in [0.25, 0.3) is 5.91 Å². The number of aryl methyl sites for hydroxylation is 1. The summed E-state index contributed by atoms with van der Waals surface area (Å²) in [6, 6.07) is 3.59. The second-order valence-corrected chi connectivity index (χ2v) is 5.12. The molecule has 0 radical (unpaired) electrons. The van der Waals surface area contributed by atoms with Crippen LogP contribution in [0.15, 0.2) is 35.1 Å². The van der Waals surface area contributed by atoms with Gasteiger partial charge in [0.15, 0.2) is 0 Å². The SMILES string of the molecule is Cc1cc(Br)cnc1NC(=O)c1ccc(C(F)(F)F)nc1. The Morgan fingerprint density at radius 3 is 2.48 bits per heavy atom. The van der Waals surface area contributed by atoms with Gasteiger partial charge in [0.2, 0.25) is 0 Å². The Hall–Kier alpha value is -1.96. The number of anilines is 1. The molecule has 0 aliphatic carbocycles. The van der Waals surface area contributed by atoms with Crippen molar-refractivity contribution in [1.29, 1.82) is 0 Å². The number of pyridine rings is 2. The maximum atomic E-state index is 12.4. The van der Waals surface area contributed by atoms with Crippen molar-refractivity contribution in [2.24, 2.45) is 0 Å². The third-order valence-electron chi connectivity index (χ3n) is 2.59. The number of rotatable bonds is 2. The molecule has 110 valence electrons. The lowest BCUT2D eigenvalue weighted by Gasteiger charge is -2.09. The Morgan fingerprint density at radius 2 is 1.95 bits per heavy atom. The second-order valence-electron chi connectivity index (χ2n) is 4.20. The van der Waals surface area contributed by atoms with Crippen LogP contribution in [0.3, 0.4) is 0 Å². The fourth-order valence-corrected chi connectivity index (χ4v) is 1.99. The van der Waals surface area contributed by atoms with Crippen LogP contribution in [-0.2, 0) is 6.18 Å². The quantitative estimate of drug-likeness (QED) is 0.886. The minimum Gasteiger partial charge on any atom is -0.306 e. The highest BCUT2D eigenvalue weighted by Crippen LogP contribution is 2.27. The molecule has 0 atom stereocenters. The predicted molar refractivity (Wildman–Crippen MR) is 73.9 cm³/mol. The van der Waals surface area contributed by atoms with Gasteiger partial charge in [0.1, 0.15) is 11.5 Å². The van der Waals surface area contributed by atoms with E-state index in [4.69, 9.17) is 0 Å². The first-order chi connectivity index (χ1) is 9.77. The van der Waals surface area contributed by atoms with Gasteiger partial charge in [-0.05, 0) is 46.6 Å². The Balaban J connectivity index is 2.17. The topological polar surface area (TPSA) is 54.9 Å². The van der Waals surface area contributed by atoms with E-state index in [1.165, 1.54) is 6.20 Å². The summed E-state index contributed by atoms with van der Waals surface area (Å²) in [6.07, 6.45) is -2.14. The van der Waals surface area contributed by atoms with Crippen molar-refractivity contribution in [3.8, 4) is 0 Å². The van der Waals surface area contributed by atoms with E-state index in [9.17, 15) is 18.0 Å². The van der Waals surface area contributed by atoms with Gasteiger partial charge in [-0.3, -0.25) is 9.78 Å². The lowest BCUT2D eigenvalue weighted by atomic mass is 10.2. The summed E-state index contributed by atoms with van der Waals surface area (Å²) < 4.78 is 37.9. The molecule has 0 aliphatic heterocycles. The minimum atomic E-state index is -4.53. The van der Waals surface area contributed by atoms with Gasteiger partial charge in [0, 0.05) is 16.9 Å². The van der Waals surface area contributed by atoms with Gasteiger partial charge in [-0.15, -0.1) is 0 Å². The normalized spacial score (nSPS) is 11.3. The van der Waals surface area contributed by atoms with Crippen molar-refractivity contribution in [3.05, 3.63) is 51.9 Å². The van der Waals surface area contributed by atoms with Gasteiger partial charge in [-0.25, -0.2) is 4.98 Å². The number of carbonyl (C=O) groups excluding carboxylic acids is 1. The molecule has 2 aromatic heterocycles. The summed E-state index contributed by atoms with van der Waals surface area (Å²) in [5.74, 6) is -0.239. The number of halogens is 4. The molecule has 2 heterocycles. The standard InChI is InChI=1S/C13H9BrF3N3O/c1-7-4-9(14)6-19-11(7)20-12(21)8-2-3-10(18-5-8)13(15,16)17/h2-6H,1H3,(H,19,20,21). The Kier molecular flexibility index (Phi) is 4.26. The van der Waals surface area contributed by atoms with Crippen LogP contribution in [0.5, 0.6) is 0 Å². The number of hydrogen-bond acceptors (Lipinski definition) is 3. The smallest absolute Gasteiger partial charge is 0.306 e. The molecular weight excluding hydrogens is 351 g/mol. The largest absolute Gasteiger partial charge is 0.433 e. The molecular formula is C13H9BrF3N3O. The maximum Gasteiger partial charge on any atom is 0.433 e. The average Bonchev–Trinajstić information content (AvgIpc) is 2.41.